The van der Waals surface area contributed by atoms with Crippen molar-refractivity contribution >= 4 is 13.8 Å². The van der Waals surface area contributed by atoms with Crippen LogP contribution in [0.5, 0.6) is 0 Å². The number of ether oxygens (including phenoxy) is 2. The van der Waals surface area contributed by atoms with Gasteiger partial charge in [0.1, 0.15) is 6.10 Å². The molecule has 0 aromatic carbocycles. The van der Waals surface area contributed by atoms with Gasteiger partial charge in [-0.3, -0.25) is 13.8 Å². The van der Waals surface area contributed by atoms with Gasteiger partial charge in [0.15, 0.2) is 0 Å². The van der Waals surface area contributed by atoms with Gasteiger partial charge in [-0.1, -0.05) is 65.2 Å². The number of phosphoric acid groups is 1. The lowest BCUT2D eigenvalue weighted by Crippen LogP contribution is -2.28. The van der Waals surface area contributed by atoms with E-state index in [1.807, 2.05) is 0 Å². The van der Waals surface area contributed by atoms with E-state index in [4.69, 9.17) is 24.3 Å². The van der Waals surface area contributed by atoms with Crippen LogP contribution in [0, 0.1) is 0 Å². The molecule has 0 aliphatic rings. The van der Waals surface area contributed by atoms with Gasteiger partial charge in [0, 0.05) is 19.6 Å². The van der Waals surface area contributed by atoms with Crippen LogP contribution in [0.15, 0.2) is 0 Å². The largest absolute Gasteiger partial charge is 0.472 e. The summed E-state index contributed by atoms with van der Waals surface area (Å²) in [6.07, 6.45) is 10.5. The molecule has 0 bridgehead atoms. The van der Waals surface area contributed by atoms with Gasteiger partial charge < -0.3 is 20.1 Å². The van der Waals surface area contributed by atoms with Crippen LogP contribution in [0.3, 0.4) is 0 Å². The van der Waals surface area contributed by atoms with E-state index in [1.165, 1.54) is 32.1 Å². The first-order chi connectivity index (χ1) is 13.9. The van der Waals surface area contributed by atoms with E-state index in [-0.39, 0.29) is 32.3 Å². The molecule has 3 N–H and O–H groups in total. The molecular weight excluding hydrogens is 397 g/mol. The normalized spacial score (nSPS) is 14.5. The van der Waals surface area contributed by atoms with Gasteiger partial charge >= 0.3 is 13.8 Å². The quantitative estimate of drug-likeness (QED) is 0.154. The lowest BCUT2D eigenvalue weighted by Gasteiger charge is -2.20. The van der Waals surface area contributed by atoms with Crippen LogP contribution in [0.4, 0.5) is 0 Å². The summed E-state index contributed by atoms with van der Waals surface area (Å²) >= 11 is 0. The van der Waals surface area contributed by atoms with Crippen molar-refractivity contribution in [2.75, 3.05) is 33.0 Å². The molecule has 0 saturated heterocycles. The summed E-state index contributed by atoms with van der Waals surface area (Å²) in [6, 6.07) is 0. The molecule has 2 atom stereocenters. The number of rotatable bonds is 21. The van der Waals surface area contributed by atoms with E-state index < -0.39 is 13.9 Å². The molecule has 0 fully saturated rings. The third-order valence-electron chi connectivity index (χ3n) is 4.27. The lowest BCUT2D eigenvalue weighted by atomic mass is 10.1. The molecule has 0 saturated carbocycles. The van der Waals surface area contributed by atoms with E-state index in [0.29, 0.717) is 13.0 Å². The lowest BCUT2D eigenvalue weighted by molar-refractivity contribution is -0.154. The highest BCUT2D eigenvalue weighted by Gasteiger charge is 2.25. The Hall–Kier alpha value is -0.500. The van der Waals surface area contributed by atoms with Gasteiger partial charge in [-0.05, 0) is 12.8 Å². The average Bonchev–Trinajstić information content (AvgIpc) is 2.69. The molecule has 2 unspecified atom stereocenters. The van der Waals surface area contributed by atoms with Crippen molar-refractivity contribution in [2.24, 2.45) is 5.73 Å². The summed E-state index contributed by atoms with van der Waals surface area (Å²) in [4.78, 5) is 21.6. The van der Waals surface area contributed by atoms with Crippen molar-refractivity contribution in [3.05, 3.63) is 0 Å². The molecule has 0 radical (unpaired) electrons. The van der Waals surface area contributed by atoms with Crippen LogP contribution in [0.25, 0.3) is 0 Å². The molecular formula is C20H42NO7P. The number of phosphoric ester groups is 1. The molecule has 0 amide bonds. The zero-order valence-electron chi connectivity index (χ0n) is 18.3. The first kappa shape index (κ1) is 28.5. The molecule has 0 aliphatic carbocycles. The number of hydrogen-bond donors (Lipinski definition) is 2. The van der Waals surface area contributed by atoms with Crippen molar-refractivity contribution in [3.8, 4) is 0 Å². The van der Waals surface area contributed by atoms with Gasteiger partial charge in [0.2, 0.25) is 0 Å². The zero-order valence-corrected chi connectivity index (χ0v) is 19.2. The maximum Gasteiger partial charge on any atom is 0.472 e. The number of esters is 1. The van der Waals surface area contributed by atoms with Crippen molar-refractivity contribution in [2.45, 2.75) is 90.6 Å². The molecule has 9 heteroatoms. The monoisotopic (exact) mass is 439 g/mol. The van der Waals surface area contributed by atoms with Crippen LogP contribution < -0.4 is 5.73 Å². The second-order valence-electron chi connectivity index (χ2n) is 7.15. The van der Waals surface area contributed by atoms with Gasteiger partial charge in [-0.15, -0.1) is 0 Å². The fourth-order valence-corrected chi connectivity index (χ4v) is 3.40. The van der Waals surface area contributed by atoms with Crippen molar-refractivity contribution in [1.29, 1.82) is 0 Å². The third-order valence-corrected chi connectivity index (χ3v) is 5.26. The minimum Gasteiger partial charge on any atom is -0.457 e. The number of carbonyl (C=O) groups excluding carboxylic acids is 1. The standard InChI is InChI=1S/C20H42NO7P/c1-3-5-7-8-9-10-12-15-25-17-19(28-20(22)13-11-6-4-2)18-27-29(23,24)26-16-14-21/h19H,3-18,21H2,1-2H3,(H,23,24). The second kappa shape index (κ2) is 19.5. The molecule has 0 spiro atoms. The predicted octanol–water partition coefficient (Wildman–Crippen LogP) is 4.34. The molecule has 0 rings (SSSR count). The Morgan fingerprint density at radius 1 is 0.897 bits per heavy atom. The predicted molar refractivity (Wildman–Crippen MR) is 114 cm³/mol. The summed E-state index contributed by atoms with van der Waals surface area (Å²) < 4.78 is 32.4. The van der Waals surface area contributed by atoms with Crippen LogP contribution in [0.1, 0.15) is 84.5 Å². The minimum absolute atomic E-state index is 0.0932. The van der Waals surface area contributed by atoms with E-state index in [1.54, 1.807) is 0 Å². The maximum absolute atomic E-state index is 12.0. The van der Waals surface area contributed by atoms with E-state index in [0.717, 1.165) is 32.1 Å². The Bertz CT molecular complexity index is 437. The van der Waals surface area contributed by atoms with E-state index >= 15 is 0 Å². The summed E-state index contributed by atoms with van der Waals surface area (Å²) in [5.41, 5.74) is 5.25. The third kappa shape index (κ3) is 19.2. The number of carbonyl (C=O) groups is 1. The zero-order chi connectivity index (χ0) is 21.8. The summed E-state index contributed by atoms with van der Waals surface area (Å²) in [5, 5.41) is 0. The summed E-state index contributed by atoms with van der Waals surface area (Å²) in [6.45, 7) is 4.67. The van der Waals surface area contributed by atoms with Crippen LogP contribution in [-0.2, 0) is 27.9 Å². The fourth-order valence-electron chi connectivity index (χ4n) is 2.64. The first-order valence-corrected chi connectivity index (χ1v) is 12.5. The molecule has 0 aliphatic heterocycles. The number of nitrogens with two attached hydrogens (primary N) is 1. The Kier molecular flexibility index (Phi) is 19.1. The van der Waals surface area contributed by atoms with Crippen LogP contribution >= 0.6 is 7.82 Å². The second-order valence-corrected chi connectivity index (χ2v) is 8.60. The molecule has 8 nitrogen and oxygen atoms in total. The smallest absolute Gasteiger partial charge is 0.457 e. The molecule has 0 aromatic rings. The van der Waals surface area contributed by atoms with Gasteiger partial charge in [-0.25, -0.2) is 4.57 Å². The molecule has 0 aromatic heterocycles. The number of unbranched alkanes of at least 4 members (excludes halogenated alkanes) is 8. The Labute approximate surface area is 176 Å². The average molecular weight is 440 g/mol. The Morgan fingerprint density at radius 3 is 2.17 bits per heavy atom. The highest BCUT2D eigenvalue weighted by atomic mass is 31.2. The SMILES string of the molecule is CCCCCCCCCOCC(COP(=O)(O)OCCN)OC(=O)CCCCC. The minimum atomic E-state index is -4.22. The van der Waals surface area contributed by atoms with Gasteiger partial charge in [0.05, 0.1) is 19.8 Å². The van der Waals surface area contributed by atoms with Crippen LogP contribution in [0.2, 0.25) is 0 Å². The molecule has 174 valence electrons. The Balaban J connectivity index is 4.23. The molecule has 29 heavy (non-hydrogen) atoms. The first-order valence-electron chi connectivity index (χ1n) is 11.0. The van der Waals surface area contributed by atoms with Crippen LogP contribution in [-0.4, -0.2) is 49.9 Å². The highest BCUT2D eigenvalue weighted by Crippen LogP contribution is 2.43. The van der Waals surface area contributed by atoms with Crippen molar-refractivity contribution in [3.63, 3.8) is 0 Å². The highest BCUT2D eigenvalue weighted by molar-refractivity contribution is 7.47. The maximum atomic E-state index is 12.0. The number of hydrogen-bond acceptors (Lipinski definition) is 7. The summed E-state index contributed by atoms with van der Waals surface area (Å²) in [7, 11) is -4.22. The topological polar surface area (TPSA) is 117 Å². The fraction of sp³-hybridized carbons (Fsp3) is 0.950. The summed E-state index contributed by atoms with van der Waals surface area (Å²) in [5.74, 6) is -0.359. The van der Waals surface area contributed by atoms with E-state index in [2.05, 4.69) is 13.8 Å². The van der Waals surface area contributed by atoms with Gasteiger partial charge in [0.25, 0.3) is 0 Å². The molecule has 0 heterocycles. The Morgan fingerprint density at radius 2 is 1.52 bits per heavy atom. The van der Waals surface area contributed by atoms with Gasteiger partial charge in [-0.2, -0.15) is 0 Å². The van der Waals surface area contributed by atoms with E-state index in [9.17, 15) is 14.3 Å². The van der Waals surface area contributed by atoms with Crippen molar-refractivity contribution < 1.29 is 32.8 Å². The van der Waals surface area contributed by atoms with Crippen molar-refractivity contribution in [1.82, 2.24) is 0 Å².